The molecule has 0 spiro atoms. The van der Waals surface area contributed by atoms with E-state index in [1.54, 1.807) is 8.87 Å². The summed E-state index contributed by atoms with van der Waals surface area (Å²) in [6.07, 6.45) is 27.1. The summed E-state index contributed by atoms with van der Waals surface area (Å²) < 4.78 is 3.25. The molecule has 0 fully saturated rings. The molecule has 0 bridgehead atoms. The number of rotatable bonds is 21. The fraction of sp³-hybridized carbons (Fsp3) is 0.885. The van der Waals surface area contributed by atoms with Crippen molar-refractivity contribution in [2.75, 3.05) is 0 Å². The number of hydrogen-bond donors (Lipinski definition) is 1. The van der Waals surface area contributed by atoms with Crippen LogP contribution in [-0.2, 0) is 4.79 Å². The minimum absolute atomic E-state index is 0.149. The summed E-state index contributed by atoms with van der Waals surface area (Å²) in [5.74, 6) is -0.664. The van der Waals surface area contributed by atoms with Crippen LogP contribution in [0.15, 0.2) is 12.2 Å². The van der Waals surface area contributed by atoms with Crippen molar-refractivity contribution in [2.45, 2.75) is 145 Å². The topological polar surface area (TPSA) is 37.3 Å². The Morgan fingerprint density at radius 1 is 0.621 bits per heavy atom. The summed E-state index contributed by atoms with van der Waals surface area (Å²) in [5, 5.41) is 8.51. The van der Waals surface area contributed by atoms with Crippen molar-refractivity contribution in [3.05, 3.63) is 12.2 Å². The van der Waals surface area contributed by atoms with Crippen LogP contribution in [0.4, 0.5) is 0 Å². The van der Waals surface area contributed by atoms with Crippen LogP contribution in [0.3, 0.4) is 0 Å². The molecule has 0 aliphatic rings. The fourth-order valence-electron chi connectivity index (χ4n) is 3.08. The Balaban J connectivity index is 0. The average Bonchev–Trinajstić information content (AvgIpc) is 2.71. The minimum atomic E-state index is -0.664. The monoisotopic (exact) mass is 516 g/mol. The zero-order valence-electron chi connectivity index (χ0n) is 20.2. The van der Waals surface area contributed by atoms with Crippen molar-refractivity contribution in [3.8, 4) is 0 Å². The van der Waals surface area contributed by atoms with Gasteiger partial charge in [-0.3, -0.25) is 4.79 Å². The van der Waals surface area contributed by atoms with Crippen LogP contribution in [0.5, 0.6) is 0 Å². The molecule has 0 aliphatic heterocycles. The fourth-order valence-corrected chi connectivity index (χ4v) is 7.23. The second kappa shape index (κ2) is 30.2. The molecular formula is C26H52O2Sn. The van der Waals surface area contributed by atoms with Crippen molar-refractivity contribution < 1.29 is 9.90 Å². The molecule has 0 aromatic carbocycles. The Kier molecular flexibility index (Phi) is 32.5. The third kappa shape index (κ3) is 35.8. The Morgan fingerprint density at radius 2 is 1.03 bits per heavy atom. The van der Waals surface area contributed by atoms with Gasteiger partial charge in [0.25, 0.3) is 0 Å². The predicted octanol–water partition coefficient (Wildman–Crippen LogP) is 9.24. The van der Waals surface area contributed by atoms with Crippen LogP contribution in [-0.4, -0.2) is 32.2 Å². The first kappa shape index (κ1) is 31.2. The number of carboxylic acids is 1. The summed E-state index contributed by atoms with van der Waals surface area (Å²) in [6.45, 7) is 6.84. The van der Waals surface area contributed by atoms with Gasteiger partial charge < -0.3 is 5.11 Å². The number of allylic oxidation sites excluding steroid dienone is 2. The van der Waals surface area contributed by atoms with Gasteiger partial charge in [-0.25, -0.2) is 0 Å². The van der Waals surface area contributed by atoms with Crippen molar-refractivity contribution in [1.29, 1.82) is 0 Å². The van der Waals surface area contributed by atoms with Gasteiger partial charge in [0, 0.05) is 6.42 Å². The Bertz CT molecular complexity index is 323. The number of aliphatic carboxylic acids is 1. The second-order valence-electron chi connectivity index (χ2n) is 8.19. The third-order valence-electron chi connectivity index (χ3n) is 5.07. The van der Waals surface area contributed by atoms with Gasteiger partial charge in [0.1, 0.15) is 0 Å². The van der Waals surface area contributed by atoms with E-state index in [2.05, 4.69) is 32.9 Å². The van der Waals surface area contributed by atoms with E-state index in [4.69, 9.17) is 5.11 Å². The third-order valence-corrected chi connectivity index (χ3v) is 9.10. The van der Waals surface area contributed by atoms with Gasteiger partial charge in [-0.05, 0) is 32.1 Å². The molecule has 0 heterocycles. The van der Waals surface area contributed by atoms with E-state index in [1.807, 2.05) is 0 Å². The molecule has 0 saturated carbocycles. The molecule has 0 aromatic heterocycles. The number of unbranched alkanes of at least 4 members (excludes halogenated alkanes) is 13. The summed E-state index contributed by atoms with van der Waals surface area (Å²) in [4.78, 5) is 10.3. The quantitative estimate of drug-likeness (QED) is 0.0940. The molecule has 0 amide bonds. The van der Waals surface area contributed by atoms with Crippen molar-refractivity contribution in [1.82, 2.24) is 0 Å². The van der Waals surface area contributed by atoms with E-state index >= 15 is 0 Å². The Labute approximate surface area is 193 Å². The van der Waals surface area contributed by atoms with Gasteiger partial charge in [0.15, 0.2) is 0 Å². The first-order chi connectivity index (χ1) is 14.2. The number of hydrogen-bond acceptors (Lipinski definition) is 1. The predicted molar refractivity (Wildman–Crippen MR) is 132 cm³/mol. The molecule has 1 N–H and O–H groups in total. The molecule has 0 unspecified atom stereocenters. The second-order valence-corrected chi connectivity index (χ2v) is 12.5. The summed E-state index contributed by atoms with van der Waals surface area (Å²) in [6, 6.07) is 0. The zero-order valence-corrected chi connectivity index (χ0v) is 23.0. The van der Waals surface area contributed by atoms with Crippen LogP contribution in [0.1, 0.15) is 136 Å². The molecule has 0 atom stereocenters. The standard InChI is InChI=1S/C18H34O2.2C4H9.Sn/c1-2-3-4-5-6-7-8-9-10-11-12-13-14-15-16-17-18(19)20;2*1-3-4-2;/h9-10H,2-8,11-17H2,1H3,(H,19,20);2*1,3-4H2,2H3;/b10-9-;;;. The van der Waals surface area contributed by atoms with Crippen molar-refractivity contribution in [2.24, 2.45) is 0 Å². The van der Waals surface area contributed by atoms with Crippen molar-refractivity contribution in [3.63, 3.8) is 0 Å². The molecule has 0 aromatic rings. The Hall–Kier alpha value is 0.00870. The van der Waals surface area contributed by atoms with Gasteiger partial charge >= 0.3 is 75.5 Å². The molecule has 0 rings (SSSR count). The first-order valence-electron chi connectivity index (χ1n) is 12.8. The molecule has 3 heteroatoms. The van der Waals surface area contributed by atoms with E-state index < -0.39 is 5.97 Å². The first-order valence-corrected chi connectivity index (χ1v) is 16.8. The molecule has 29 heavy (non-hydrogen) atoms. The summed E-state index contributed by atoms with van der Waals surface area (Å²) in [7, 11) is 0. The van der Waals surface area contributed by atoms with Crippen LogP contribution >= 0.6 is 0 Å². The van der Waals surface area contributed by atoms with Crippen LogP contribution in [0, 0.1) is 0 Å². The van der Waals surface area contributed by atoms with E-state index in [0.717, 1.165) is 12.8 Å². The SMILES string of the molecule is CCCCCCCC/C=C\CCCCCCCC(=O)O.CCC[CH2][Sn][CH2]CCC. The molecule has 0 aliphatic carbocycles. The Morgan fingerprint density at radius 3 is 1.48 bits per heavy atom. The van der Waals surface area contributed by atoms with Gasteiger partial charge in [-0.15, -0.1) is 0 Å². The molecule has 2 radical (unpaired) electrons. The van der Waals surface area contributed by atoms with E-state index in [-0.39, 0.29) is 21.1 Å². The van der Waals surface area contributed by atoms with Crippen LogP contribution in [0.25, 0.3) is 0 Å². The average molecular weight is 515 g/mol. The number of carbonyl (C=O) groups is 1. The van der Waals surface area contributed by atoms with Gasteiger partial charge in [-0.2, -0.15) is 0 Å². The van der Waals surface area contributed by atoms with Gasteiger partial charge in [0.2, 0.25) is 0 Å². The normalized spacial score (nSPS) is 10.9. The van der Waals surface area contributed by atoms with Gasteiger partial charge in [-0.1, -0.05) is 70.4 Å². The van der Waals surface area contributed by atoms with Crippen molar-refractivity contribution >= 4 is 27.1 Å². The molecular weight excluding hydrogens is 463 g/mol. The van der Waals surface area contributed by atoms with E-state index in [0.29, 0.717) is 6.42 Å². The molecule has 172 valence electrons. The zero-order chi connectivity index (χ0) is 21.8. The maximum atomic E-state index is 10.3. The van der Waals surface area contributed by atoms with E-state index in [9.17, 15) is 4.79 Å². The number of carboxylic acid groups (broad SMARTS) is 1. The summed E-state index contributed by atoms with van der Waals surface area (Å²) in [5.41, 5.74) is 0. The van der Waals surface area contributed by atoms with E-state index in [1.165, 1.54) is 96.3 Å². The van der Waals surface area contributed by atoms with Crippen LogP contribution in [0.2, 0.25) is 8.87 Å². The van der Waals surface area contributed by atoms with Gasteiger partial charge in [0.05, 0.1) is 0 Å². The molecule has 0 saturated heterocycles. The molecule has 2 nitrogen and oxygen atoms in total. The maximum absolute atomic E-state index is 10.3. The van der Waals surface area contributed by atoms with Crippen LogP contribution < -0.4 is 0 Å². The summed E-state index contributed by atoms with van der Waals surface area (Å²) >= 11 is 0.149.